The number of hydrogen-bond acceptors (Lipinski definition) is 5. The lowest BCUT2D eigenvalue weighted by Crippen LogP contribution is -2.13. The first-order valence-corrected chi connectivity index (χ1v) is 8.43. The van der Waals surface area contributed by atoms with Crippen molar-refractivity contribution in [2.75, 3.05) is 12.0 Å². The summed E-state index contributed by atoms with van der Waals surface area (Å²) in [5.41, 5.74) is 7.54. The van der Waals surface area contributed by atoms with Crippen LogP contribution in [0.2, 0.25) is 0 Å². The van der Waals surface area contributed by atoms with Crippen LogP contribution in [0.3, 0.4) is 0 Å². The highest BCUT2D eigenvalue weighted by molar-refractivity contribution is 7.90. The van der Waals surface area contributed by atoms with Gasteiger partial charge in [0.2, 0.25) is 0 Å². The second kappa shape index (κ2) is 6.15. The van der Waals surface area contributed by atoms with E-state index in [0.29, 0.717) is 18.5 Å². The number of sulfone groups is 1. The van der Waals surface area contributed by atoms with Crippen LogP contribution in [0.5, 0.6) is 0 Å². The molecule has 2 aromatic rings. The number of nitrogens with two attached hydrogens (primary N) is 1. The third-order valence-electron chi connectivity index (χ3n) is 2.91. The first-order valence-electron chi connectivity index (χ1n) is 6.37. The Balaban J connectivity index is 1.98. The highest BCUT2D eigenvalue weighted by Crippen LogP contribution is 2.14. The number of para-hydroxylation sites is 1. The van der Waals surface area contributed by atoms with Crippen molar-refractivity contribution in [2.24, 2.45) is 5.73 Å². The van der Waals surface area contributed by atoms with Gasteiger partial charge in [-0.1, -0.05) is 18.2 Å². The molecule has 0 spiro atoms. The second-order valence-corrected chi connectivity index (χ2v) is 7.03. The molecule has 2 N–H and O–H groups in total. The van der Waals surface area contributed by atoms with Gasteiger partial charge in [-0.05, 0) is 25.0 Å². The van der Waals surface area contributed by atoms with Gasteiger partial charge in [0, 0.05) is 12.0 Å². The molecule has 0 amide bonds. The van der Waals surface area contributed by atoms with Crippen LogP contribution in [0.1, 0.15) is 24.6 Å². The Hall–Kier alpha value is -1.73. The minimum atomic E-state index is -2.94. The zero-order chi connectivity index (χ0) is 14.6. The van der Waals surface area contributed by atoms with Gasteiger partial charge in [0.15, 0.2) is 0 Å². The minimum absolute atomic E-state index is 0.146. The molecule has 0 saturated heterocycles. The Kier molecular flexibility index (Phi) is 4.51. The Morgan fingerprint density at radius 2 is 2.00 bits per heavy atom. The van der Waals surface area contributed by atoms with Crippen molar-refractivity contribution in [3.8, 4) is 5.69 Å². The fraction of sp³-hybridized carbons (Fsp3) is 0.385. The third kappa shape index (κ3) is 4.14. The van der Waals surface area contributed by atoms with E-state index in [-0.39, 0.29) is 11.8 Å². The molecule has 1 unspecified atom stereocenters. The summed E-state index contributed by atoms with van der Waals surface area (Å²) in [7, 11) is -2.94. The largest absolute Gasteiger partial charge is 0.323 e. The molecular formula is C13H18N4O2S. The Bertz CT molecular complexity index is 652. The summed E-state index contributed by atoms with van der Waals surface area (Å²) in [5.74, 6) is 0.146. The number of nitrogens with zero attached hydrogens (tertiary/aromatic N) is 3. The average molecular weight is 294 g/mol. The van der Waals surface area contributed by atoms with Crippen LogP contribution in [0.25, 0.3) is 5.69 Å². The van der Waals surface area contributed by atoms with E-state index in [1.54, 1.807) is 6.20 Å². The van der Waals surface area contributed by atoms with Crippen molar-refractivity contribution in [3.63, 3.8) is 0 Å². The van der Waals surface area contributed by atoms with Crippen molar-refractivity contribution in [1.29, 1.82) is 0 Å². The molecule has 0 aliphatic rings. The van der Waals surface area contributed by atoms with E-state index in [1.807, 2.05) is 30.3 Å². The van der Waals surface area contributed by atoms with E-state index in [0.717, 1.165) is 5.69 Å². The van der Waals surface area contributed by atoms with Gasteiger partial charge in [-0.15, -0.1) is 0 Å². The van der Waals surface area contributed by atoms with Gasteiger partial charge in [-0.25, -0.2) is 8.42 Å². The van der Waals surface area contributed by atoms with Gasteiger partial charge in [-0.2, -0.15) is 15.0 Å². The SMILES string of the molecule is CS(=O)(=O)CCCC(N)c1cnn(-c2ccccc2)n1. The molecule has 1 atom stereocenters. The summed E-state index contributed by atoms with van der Waals surface area (Å²) >= 11 is 0. The predicted octanol–water partition coefficient (Wildman–Crippen LogP) is 1.09. The Morgan fingerprint density at radius 1 is 1.30 bits per heavy atom. The predicted molar refractivity (Wildman–Crippen MR) is 77.2 cm³/mol. The lowest BCUT2D eigenvalue weighted by molar-refractivity contribution is 0.581. The van der Waals surface area contributed by atoms with Crippen molar-refractivity contribution in [3.05, 3.63) is 42.2 Å². The molecule has 7 heteroatoms. The fourth-order valence-corrected chi connectivity index (χ4v) is 2.53. The molecule has 6 nitrogen and oxygen atoms in total. The van der Waals surface area contributed by atoms with Crippen LogP contribution < -0.4 is 5.73 Å². The smallest absolute Gasteiger partial charge is 0.147 e. The molecule has 0 aliphatic carbocycles. The van der Waals surface area contributed by atoms with Crippen LogP contribution in [0.15, 0.2) is 36.5 Å². The van der Waals surface area contributed by atoms with Gasteiger partial charge in [0.05, 0.1) is 23.6 Å². The molecular weight excluding hydrogens is 276 g/mol. The van der Waals surface area contributed by atoms with Crippen LogP contribution in [-0.2, 0) is 9.84 Å². The van der Waals surface area contributed by atoms with E-state index >= 15 is 0 Å². The maximum absolute atomic E-state index is 11.1. The molecule has 0 aliphatic heterocycles. The van der Waals surface area contributed by atoms with Gasteiger partial charge in [0.1, 0.15) is 9.84 Å². The maximum atomic E-state index is 11.1. The van der Waals surface area contributed by atoms with Crippen LogP contribution in [0, 0.1) is 0 Å². The standard InChI is InChI=1S/C13H18N4O2S/c1-20(18,19)9-5-8-12(14)13-10-15-17(16-13)11-6-3-2-4-7-11/h2-4,6-7,10,12H,5,8-9,14H2,1H3. The molecule has 0 bridgehead atoms. The summed E-state index contributed by atoms with van der Waals surface area (Å²) in [5, 5.41) is 8.50. The maximum Gasteiger partial charge on any atom is 0.147 e. The Morgan fingerprint density at radius 3 is 2.65 bits per heavy atom. The van der Waals surface area contributed by atoms with Crippen molar-refractivity contribution < 1.29 is 8.42 Å². The average Bonchev–Trinajstić information content (AvgIpc) is 2.88. The molecule has 108 valence electrons. The fourth-order valence-electron chi connectivity index (χ4n) is 1.84. The quantitative estimate of drug-likeness (QED) is 0.861. The van der Waals surface area contributed by atoms with E-state index < -0.39 is 9.84 Å². The van der Waals surface area contributed by atoms with Gasteiger partial charge in [0.25, 0.3) is 0 Å². The summed E-state index contributed by atoms with van der Waals surface area (Å²) in [4.78, 5) is 1.52. The zero-order valence-corrected chi connectivity index (χ0v) is 12.1. The lowest BCUT2D eigenvalue weighted by atomic mass is 10.1. The number of rotatable bonds is 6. The molecule has 0 saturated carbocycles. The monoisotopic (exact) mass is 294 g/mol. The number of benzene rings is 1. The van der Waals surface area contributed by atoms with E-state index in [2.05, 4.69) is 10.2 Å². The van der Waals surface area contributed by atoms with Crippen LogP contribution in [0.4, 0.5) is 0 Å². The lowest BCUT2D eigenvalue weighted by Gasteiger charge is -2.07. The van der Waals surface area contributed by atoms with Crippen molar-refractivity contribution in [1.82, 2.24) is 15.0 Å². The van der Waals surface area contributed by atoms with Crippen LogP contribution in [-0.4, -0.2) is 35.4 Å². The van der Waals surface area contributed by atoms with E-state index in [9.17, 15) is 8.42 Å². The normalized spacial score (nSPS) is 13.3. The van der Waals surface area contributed by atoms with Crippen molar-refractivity contribution in [2.45, 2.75) is 18.9 Å². The summed E-state index contributed by atoms with van der Waals surface area (Å²) in [6.45, 7) is 0. The summed E-state index contributed by atoms with van der Waals surface area (Å²) < 4.78 is 22.1. The number of hydrogen-bond donors (Lipinski definition) is 1. The van der Waals surface area contributed by atoms with Gasteiger partial charge >= 0.3 is 0 Å². The van der Waals surface area contributed by atoms with Crippen molar-refractivity contribution >= 4 is 9.84 Å². The molecule has 1 aromatic carbocycles. The summed E-state index contributed by atoms with van der Waals surface area (Å²) in [6, 6.07) is 9.24. The minimum Gasteiger partial charge on any atom is -0.323 e. The highest BCUT2D eigenvalue weighted by Gasteiger charge is 2.12. The molecule has 20 heavy (non-hydrogen) atoms. The topological polar surface area (TPSA) is 90.9 Å². The molecule has 1 heterocycles. The first kappa shape index (κ1) is 14.7. The molecule has 2 rings (SSSR count). The molecule has 0 fully saturated rings. The Labute approximate surface area is 118 Å². The number of aromatic nitrogens is 3. The molecule has 1 aromatic heterocycles. The van der Waals surface area contributed by atoms with Gasteiger partial charge < -0.3 is 5.73 Å². The van der Waals surface area contributed by atoms with E-state index in [1.165, 1.54) is 11.1 Å². The third-order valence-corrected chi connectivity index (χ3v) is 3.94. The van der Waals surface area contributed by atoms with Crippen LogP contribution >= 0.6 is 0 Å². The van der Waals surface area contributed by atoms with E-state index in [4.69, 9.17) is 5.73 Å². The molecule has 0 radical (unpaired) electrons. The van der Waals surface area contributed by atoms with Gasteiger partial charge in [-0.3, -0.25) is 0 Å². The summed E-state index contributed by atoms with van der Waals surface area (Å²) in [6.07, 6.45) is 3.95. The zero-order valence-electron chi connectivity index (χ0n) is 11.3. The second-order valence-electron chi connectivity index (χ2n) is 4.77. The first-order chi connectivity index (χ1) is 9.46. The highest BCUT2D eigenvalue weighted by atomic mass is 32.2.